The van der Waals surface area contributed by atoms with E-state index in [9.17, 15) is 5.11 Å². The van der Waals surface area contributed by atoms with Crippen LogP contribution in [0.1, 0.15) is 5.56 Å². The minimum absolute atomic E-state index is 0.0261. The smallest absolute Gasteiger partial charge is 0.137 e. The fourth-order valence-electron chi connectivity index (χ4n) is 1.58. The number of nitrogens with zero attached hydrogens (tertiary/aromatic N) is 1. The summed E-state index contributed by atoms with van der Waals surface area (Å²) < 4.78 is 0.438. The van der Waals surface area contributed by atoms with Crippen molar-refractivity contribution in [2.45, 2.75) is 0 Å². The van der Waals surface area contributed by atoms with Gasteiger partial charge in [-0.2, -0.15) is 5.26 Å². The van der Waals surface area contributed by atoms with E-state index in [-0.39, 0.29) is 5.75 Å². The number of phenols is 1. The Balaban J connectivity index is 2.75. The van der Waals surface area contributed by atoms with Gasteiger partial charge in [0.2, 0.25) is 0 Å². The molecule has 1 N–H and O–H groups in total. The molecule has 5 heteroatoms. The molecule has 0 heterocycles. The highest BCUT2D eigenvalue weighted by Crippen LogP contribution is 2.41. The zero-order valence-electron chi connectivity index (χ0n) is 8.92. The molecule has 90 valence electrons. The van der Waals surface area contributed by atoms with Crippen LogP contribution in [-0.2, 0) is 0 Å². The average molecular weight is 343 g/mol. The molecule has 0 spiro atoms. The molecule has 0 aliphatic rings. The van der Waals surface area contributed by atoms with E-state index in [2.05, 4.69) is 15.9 Å². The van der Waals surface area contributed by atoms with Crippen molar-refractivity contribution in [1.29, 1.82) is 5.26 Å². The molecule has 2 nitrogen and oxygen atoms in total. The molecule has 0 aliphatic heterocycles. The Labute approximate surface area is 123 Å². The van der Waals surface area contributed by atoms with Crippen LogP contribution in [0.15, 0.2) is 34.8 Å². The summed E-state index contributed by atoms with van der Waals surface area (Å²) in [6.45, 7) is 0. The predicted octanol–water partition coefficient (Wildman–Crippen LogP) is 5.00. The van der Waals surface area contributed by atoms with Crippen LogP contribution in [0.2, 0.25) is 10.0 Å². The van der Waals surface area contributed by atoms with Crippen LogP contribution in [0.25, 0.3) is 11.1 Å². The van der Waals surface area contributed by atoms with Crippen molar-refractivity contribution in [2.75, 3.05) is 0 Å². The molecular formula is C13H6BrCl2NO. The lowest BCUT2D eigenvalue weighted by Crippen LogP contribution is -1.85. The fraction of sp³-hybridized carbons (Fsp3) is 0. The molecule has 0 saturated heterocycles. The van der Waals surface area contributed by atoms with Crippen molar-refractivity contribution in [3.05, 3.63) is 50.4 Å². The highest BCUT2D eigenvalue weighted by molar-refractivity contribution is 9.10. The second-order valence-electron chi connectivity index (χ2n) is 3.57. The van der Waals surface area contributed by atoms with Gasteiger partial charge in [0.25, 0.3) is 0 Å². The van der Waals surface area contributed by atoms with Gasteiger partial charge in [-0.15, -0.1) is 0 Å². The maximum absolute atomic E-state index is 10.0. The topological polar surface area (TPSA) is 44.0 Å². The highest BCUT2D eigenvalue weighted by Gasteiger charge is 2.14. The molecule has 0 atom stereocenters. The summed E-state index contributed by atoms with van der Waals surface area (Å²) in [5.41, 5.74) is 1.47. The van der Waals surface area contributed by atoms with Crippen LogP contribution in [-0.4, -0.2) is 5.11 Å². The van der Waals surface area contributed by atoms with Crippen LogP contribution >= 0.6 is 39.1 Å². The molecule has 2 aromatic rings. The Bertz CT molecular complexity index is 665. The van der Waals surface area contributed by atoms with Gasteiger partial charge in [0.05, 0.1) is 26.2 Å². The first-order valence-corrected chi connectivity index (χ1v) is 6.46. The van der Waals surface area contributed by atoms with Crippen LogP contribution in [0.5, 0.6) is 5.75 Å². The molecule has 0 aromatic heterocycles. The van der Waals surface area contributed by atoms with Crippen molar-refractivity contribution in [2.24, 2.45) is 0 Å². The average Bonchev–Trinajstić information content (AvgIpc) is 2.36. The van der Waals surface area contributed by atoms with Gasteiger partial charge in [-0.3, -0.25) is 0 Å². The SMILES string of the molecule is N#Cc1cc(Br)c(O)c(-c2cccc(Cl)c2Cl)c1. The zero-order valence-corrected chi connectivity index (χ0v) is 12.0. The van der Waals surface area contributed by atoms with Gasteiger partial charge in [-0.25, -0.2) is 0 Å². The van der Waals surface area contributed by atoms with Gasteiger partial charge in [-0.1, -0.05) is 35.3 Å². The first-order valence-electron chi connectivity index (χ1n) is 4.91. The van der Waals surface area contributed by atoms with Gasteiger partial charge in [0.15, 0.2) is 0 Å². The molecule has 0 fully saturated rings. The Morgan fingerprint density at radius 1 is 1.17 bits per heavy atom. The van der Waals surface area contributed by atoms with Gasteiger partial charge in [0, 0.05) is 11.1 Å². The highest BCUT2D eigenvalue weighted by atomic mass is 79.9. The van der Waals surface area contributed by atoms with Crippen molar-refractivity contribution in [3.8, 4) is 22.9 Å². The monoisotopic (exact) mass is 341 g/mol. The zero-order chi connectivity index (χ0) is 13.3. The van der Waals surface area contributed by atoms with Gasteiger partial charge in [0.1, 0.15) is 5.75 Å². The van der Waals surface area contributed by atoms with Crippen molar-refractivity contribution in [3.63, 3.8) is 0 Å². The summed E-state index contributed by atoms with van der Waals surface area (Å²) in [6.07, 6.45) is 0. The molecule has 0 radical (unpaired) electrons. The van der Waals surface area contributed by atoms with Crippen LogP contribution in [0.4, 0.5) is 0 Å². The molecule has 0 unspecified atom stereocenters. The molecule has 0 amide bonds. The van der Waals surface area contributed by atoms with E-state index >= 15 is 0 Å². The molecule has 2 aromatic carbocycles. The Morgan fingerprint density at radius 2 is 1.89 bits per heavy atom. The fourth-order valence-corrected chi connectivity index (χ4v) is 2.44. The van der Waals surface area contributed by atoms with Crippen molar-refractivity contribution in [1.82, 2.24) is 0 Å². The molecule has 2 rings (SSSR count). The van der Waals surface area contributed by atoms with E-state index in [0.29, 0.717) is 31.2 Å². The lowest BCUT2D eigenvalue weighted by Gasteiger charge is -2.10. The maximum Gasteiger partial charge on any atom is 0.137 e. The number of benzene rings is 2. The third-order valence-corrected chi connectivity index (χ3v) is 3.86. The van der Waals surface area contributed by atoms with Crippen LogP contribution in [0, 0.1) is 11.3 Å². The summed E-state index contributed by atoms with van der Waals surface area (Å²) in [5, 5.41) is 19.7. The van der Waals surface area contributed by atoms with Crippen molar-refractivity contribution >= 4 is 39.1 Å². The molecule has 0 saturated carbocycles. The van der Waals surface area contributed by atoms with Crippen LogP contribution in [0.3, 0.4) is 0 Å². The largest absolute Gasteiger partial charge is 0.506 e. The van der Waals surface area contributed by atoms with E-state index < -0.39 is 0 Å². The molecule has 0 aliphatic carbocycles. The van der Waals surface area contributed by atoms with E-state index in [4.69, 9.17) is 28.5 Å². The summed E-state index contributed by atoms with van der Waals surface area (Å²) >= 11 is 15.2. The minimum atomic E-state index is 0.0261. The summed E-state index contributed by atoms with van der Waals surface area (Å²) in [6, 6.07) is 10.3. The second kappa shape index (κ2) is 5.19. The third-order valence-electron chi connectivity index (χ3n) is 2.43. The van der Waals surface area contributed by atoms with Gasteiger partial charge in [-0.05, 0) is 34.1 Å². The summed E-state index contributed by atoms with van der Waals surface area (Å²) in [7, 11) is 0. The predicted molar refractivity (Wildman–Crippen MR) is 76.0 cm³/mol. The first kappa shape index (κ1) is 13.2. The molecule has 18 heavy (non-hydrogen) atoms. The van der Waals surface area contributed by atoms with E-state index in [1.54, 1.807) is 24.3 Å². The summed E-state index contributed by atoms with van der Waals surface area (Å²) in [4.78, 5) is 0. The Kier molecular flexibility index (Phi) is 3.82. The second-order valence-corrected chi connectivity index (χ2v) is 5.21. The van der Waals surface area contributed by atoms with Gasteiger partial charge >= 0.3 is 0 Å². The van der Waals surface area contributed by atoms with E-state index in [1.165, 1.54) is 6.07 Å². The number of aromatic hydroxyl groups is 1. The number of hydrogen-bond donors (Lipinski definition) is 1. The maximum atomic E-state index is 10.0. The lowest BCUT2D eigenvalue weighted by atomic mass is 10.0. The number of phenolic OH excluding ortho intramolecular Hbond substituents is 1. The number of rotatable bonds is 1. The minimum Gasteiger partial charge on any atom is -0.506 e. The summed E-state index contributed by atoms with van der Waals surface area (Å²) in [5.74, 6) is 0.0261. The Hall–Kier alpha value is -1.21. The molecular weight excluding hydrogens is 337 g/mol. The lowest BCUT2D eigenvalue weighted by molar-refractivity contribution is 0.474. The Morgan fingerprint density at radius 3 is 2.56 bits per heavy atom. The van der Waals surface area contributed by atoms with Crippen LogP contribution < -0.4 is 0 Å². The molecule has 0 bridgehead atoms. The van der Waals surface area contributed by atoms with Crippen molar-refractivity contribution < 1.29 is 5.11 Å². The standard InChI is InChI=1S/C13H6BrCl2NO/c14-10-5-7(6-17)4-9(13(10)18)8-2-1-3-11(15)12(8)16/h1-5,18H. The number of nitriles is 1. The number of hydrogen-bond acceptors (Lipinski definition) is 2. The van der Waals surface area contributed by atoms with E-state index in [0.717, 1.165) is 0 Å². The quantitative estimate of drug-likeness (QED) is 0.792. The van der Waals surface area contributed by atoms with E-state index in [1.807, 2.05) is 6.07 Å². The number of halogens is 3. The first-order chi connectivity index (χ1) is 8.54. The van der Waals surface area contributed by atoms with Gasteiger partial charge < -0.3 is 5.11 Å². The normalized spacial score (nSPS) is 10.1. The third kappa shape index (κ3) is 2.32.